The van der Waals surface area contributed by atoms with Crippen LogP contribution in [0.15, 0.2) is 35.7 Å². The molecule has 1 aromatic heterocycles. The van der Waals surface area contributed by atoms with Crippen molar-refractivity contribution >= 4 is 23.2 Å². The largest absolute Gasteiger partial charge is 0.347 e. The fourth-order valence-corrected chi connectivity index (χ4v) is 1.86. The first kappa shape index (κ1) is 15.1. The fraction of sp³-hybridized carbons (Fsp3) is 0.333. The molecular formula is C15H20N5O+. The first-order valence-corrected chi connectivity index (χ1v) is 6.98. The van der Waals surface area contributed by atoms with E-state index in [1.165, 1.54) is 0 Å². The van der Waals surface area contributed by atoms with Crippen LogP contribution in [0.3, 0.4) is 0 Å². The average Bonchev–Trinajstić information content (AvgIpc) is 2.53. The van der Waals surface area contributed by atoms with Crippen molar-refractivity contribution < 1.29 is 10.5 Å². The highest BCUT2D eigenvalue weighted by molar-refractivity contribution is 5.88. The Kier molecular flexibility index (Phi) is 4.94. The van der Waals surface area contributed by atoms with Crippen LogP contribution in [0.5, 0.6) is 0 Å². The summed E-state index contributed by atoms with van der Waals surface area (Å²) < 4.78 is 0. The molecule has 1 heterocycles. The lowest BCUT2D eigenvalue weighted by Gasteiger charge is -2.12. The van der Waals surface area contributed by atoms with Gasteiger partial charge in [0.25, 0.3) is 5.91 Å². The molecule has 2 atom stereocenters. The number of nitrogens with zero attached hydrogens (tertiary/aromatic N) is 3. The first-order valence-electron chi connectivity index (χ1n) is 6.98. The van der Waals surface area contributed by atoms with Gasteiger partial charge in [0.05, 0.1) is 17.2 Å². The Morgan fingerprint density at radius 2 is 2.10 bits per heavy atom. The van der Waals surface area contributed by atoms with Crippen LogP contribution in [0, 0.1) is 5.92 Å². The summed E-state index contributed by atoms with van der Waals surface area (Å²) in [6.45, 7) is 4.04. The Morgan fingerprint density at radius 1 is 1.38 bits per heavy atom. The second-order valence-corrected chi connectivity index (χ2v) is 5.03. The van der Waals surface area contributed by atoms with E-state index in [4.69, 9.17) is 0 Å². The molecule has 0 radical (unpaired) electrons. The van der Waals surface area contributed by atoms with Crippen molar-refractivity contribution in [3.63, 3.8) is 0 Å². The zero-order chi connectivity index (χ0) is 15.2. The summed E-state index contributed by atoms with van der Waals surface area (Å²) in [6, 6.07) is 5.32. The highest BCUT2D eigenvalue weighted by Crippen LogP contribution is 2.09. The second kappa shape index (κ2) is 6.90. The number of fused-ring (bicyclic) bond motifs is 1. The van der Waals surface area contributed by atoms with Gasteiger partial charge in [0.1, 0.15) is 0 Å². The van der Waals surface area contributed by atoms with Gasteiger partial charge in [-0.2, -0.15) is 5.10 Å². The molecule has 0 saturated carbocycles. The molecular weight excluding hydrogens is 266 g/mol. The maximum absolute atomic E-state index is 11.8. The minimum absolute atomic E-state index is 0.166. The average molecular weight is 286 g/mol. The van der Waals surface area contributed by atoms with Gasteiger partial charge in [0, 0.05) is 18.3 Å². The molecule has 4 N–H and O–H groups in total. The number of carbonyl (C=O) groups excluding carboxylic acids is 1. The van der Waals surface area contributed by atoms with E-state index in [0.717, 1.165) is 23.0 Å². The highest BCUT2D eigenvalue weighted by atomic mass is 16.2. The highest BCUT2D eigenvalue weighted by Gasteiger charge is 2.22. The number of amides is 1. The van der Waals surface area contributed by atoms with Gasteiger partial charge in [-0.1, -0.05) is 19.9 Å². The van der Waals surface area contributed by atoms with Crippen LogP contribution in [-0.2, 0) is 4.79 Å². The van der Waals surface area contributed by atoms with E-state index in [1.807, 2.05) is 32.0 Å². The van der Waals surface area contributed by atoms with Gasteiger partial charge in [-0.25, -0.2) is 5.43 Å². The normalized spacial score (nSPS) is 14.2. The van der Waals surface area contributed by atoms with Crippen molar-refractivity contribution in [3.05, 3.63) is 36.2 Å². The summed E-state index contributed by atoms with van der Waals surface area (Å²) in [5.41, 5.74) is 8.87. The number of carbonyl (C=O) groups is 1. The lowest BCUT2D eigenvalue weighted by atomic mass is 10.00. The molecule has 21 heavy (non-hydrogen) atoms. The van der Waals surface area contributed by atoms with E-state index in [9.17, 15) is 4.79 Å². The van der Waals surface area contributed by atoms with Gasteiger partial charge in [-0.3, -0.25) is 14.8 Å². The molecule has 6 nitrogen and oxygen atoms in total. The van der Waals surface area contributed by atoms with Gasteiger partial charge in [0.15, 0.2) is 6.04 Å². The van der Waals surface area contributed by atoms with Gasteiger partial charge in [-0.15, -0.1) is 0 Å². The van der Waals surface area contributed by atoms with E-state index in [1.54, 1.807) is 18.6 Å². The number of nitrogens with one attached hydrogen (secondary N) is 1. The quantitative estimate of drug-likeness (QED) is 0.627. The molecule has 2 aromatic rings. The predicted octanol–water partition coefficient (Wildman–Crippen LogP) is 0.737. The zero-order valence-corrected chi connectivity index (χ0v) is 12.3. The van der Waals surface area contributed by atoms with E-state index in [0.29, 0.717) is 0 Å². The summed E-state index contributed by atoms with van der Waals surface area (Å²) in [5.74, 6) is 0.0670. The third kappa shape index (κ3) is 3.82. The maximum Gasteiger partial charge on any atom is 0.298 e. The molecule has 0 aliphatic rings. The molecule has 0 fully saturated rings. The van der Waals surface area contributed by atoms with E-state index in [2.05, 4.69) is 26.2 Å². The summed E-state index contributed by atoms with van der Waals surface area (Å²) in [7, 11) is 0. The Labute approximate surface area is 123 Å². The van der Waals surface area contributed by atoms with Crippen LogP contribution in [0.25, 0.3) is 11.0 Å². The lowest BCUT2D eigenvalue weighted by Crippen LogP contribution is -2.69. The third-order valence-corrected chi connectivity index (χ3v) is 3.55. The molecule has 0 saturated heterocycles. The Bertz CT molecular complexity index is 655. The predicted molar refractivity (Wildman–Crippen MR) is 81.4 cm³/mol. The smallest absolute Gasteiger partial charge is 0.298 e. The van der Waals surface area contributed by atoms with Crippen molar-refractivity contribution in [1.82, 2.24) is 15.4 Å². The summed E-state index contributed by atoms with van der Waals surface area (Å²) >= 11 is 0. The molecule has 0 aliphatic heterocycles. The van der Waals surface area contributed by atoms with Crippen LogP contribution in [0.2, 0.25) is 0 Å². The van der Waals surface area contributed by atoms with Crippen LogP contribution in [0.4, 0.5) is 0 Å². The van der Waals surface area contributed by atoms with Gasteiger partial charge < -0.3 is 5.73 Å². The molecule has 6 heteroatoms. The SMILES string of the molecule is CC[C@@H](C)[C@@H]([NH3+])C(=O)N/N=C\c1ccc2nccnc2c1. The zero-order valence-electron chi connectivity index (χ0n) is 12.3. The molecule has 0 aliphatic carbocycles. The maximum atomic E-state index is 11.8. The van der Waals surface area contributed by atoms with E-state index >= 15 is 0 Å². The topological polar surface area (TPSA) is 94.9 Å². The number of aromatic nitrogens is 2. The van der Waals surface area contributed by atoms with E-state index < -0.39 is 0 Å². The number of benzene rings is 1. The number of hydrogen-bond donors (Lipinski definition) is 2. The minimum Gasteiger partial charge on any atom is -0.347 e. The van der Waals surface area contributed by atoms with Crippen LogP contribution < -0.4 is 11.2 Å². The fourth-order valence-electron chi connectivity index (χ4n) is 1.86. The van der Waals surface area contributed by atoms with Gasteiger partial charge in [-0.05, 0) is 24.1 Å². The molecule has 0 unspecified atom stereocenters. The van der Waals surface area contributed by atoms with Crippen molar-refractivity contribution in [1.29, 1.82) is 0 Å². The van der Waals surface area contributed by atoms with Crippen molar-refractivity contribution in [2.45, 2.75) is 26.3 Å². The van der Waals surface area contributed by atoms with Crippen molar-refractivity contribution in [3.8, 4) is 0 Å². The van der Waals surface area contributed by atoms with E-state index in [-0.39, 0.29) is 17.9 Å². The summed E-state index contributed by atoms with van der Waals surface area (Å²) in [5, 5.41) is 3.97. The molecule has 0 bridgehead atoms. The molecule has 1 aromatic carbocycles. The Morgan fingerprint density at radius 3 is 2.81 bits per heavy atom. The molecule has 1 amide bonds. The third-order valence-electron chi connectivity index (χ3n) is 3.55. The number of hydrogen-bond acceptors (Lipinski definition) is 4. The lowest BCUT2D eigenvalue weighted by molar-refractivity contribution is -0.415. The van der Waals surface area contributed by atoms with Crippen LogP contribution in [-0.4, -0.2) is 28.1 Å². The van der Waals surface area contributed by atoms with Crippen molar-refractivity contribution in [2.75, 3.05) is 0 Å². The van der Waals surface area contributed by atoms with Crippen LogP contribution in [0.1, 0.15) is 25.8 Å². The summed E-state index contributed by atoms with van der Waals surface area (Å²) in [4.78, 5) is 20.3. The van der Waals surface area contributed by atoms with Crippen molar-refractivity contribution in [2.24, 2.45) is 11.0 Å². The second-order valence-electron chi connectivity index (χ2n) is 5.03. The standard InChI is InChI=1S/C15H19N5O/c1-3-10(2)14(16)15(21)20-19-9-11-4-5-12-13(8-11)18-7-6-17-12/h4-10,14H,3,16H2,1-2H3,(H,20,21)/p+1/b19-9-/t10-,14-/m1/s1. The van der Waals surface area contributed by atoms with Gasteiger partial charge in [0.2, 0.25) is 0 Å². The van der Waals surface area contributed by atoms with Gasteiger partial charge >= 0.3 is 0 Å². The molecule has 0 spiro atoms. The number of hydrazone groups is 1. The van der Waals surface area contributed by atoms with Crippen LogP contribution >= 0.6 is 0 Å². The number of quaternary nitrogens is 1. The monoisotopic (exact) mass is 286 g/mol. The number of rotatable bonds is 5. The summed E-state index contributed by atoms with van der Waals surface area (Å²) in [6.07, 6.45) is 5.80. The minimum atomic E-state index is -0.297. The Hall–Kier alpha value is -2.34. The molecule has 2 rings (SSSR count). The molecule has 110 valence electrons. The first-order chi connectivity index (χ1) is 10.1. The Balaban J connectivity index is 2.01.